The molecule has 0 N–H and O–H groups in total. The second-order valence-corrected chi connectivity index (χ2v) is 12.2. The van der Waals surface area contributed by atoms with Crippen molar-refractivity contribution in [2.45, 2.75) is 84.0 Å². The Morgan fingerprint density at radius 3 is 1.78 bits per heavy atom. The summed E-state index contributed by atoms with van der Waals surface area (Å²) in [4.78, 5) is 2.24. The van der Waals surface area contributed by atoms with Crippen LogP contribution in [-0.2, 0) is 10.1 Å². The lowest BCUT2D eigenvalue weighted by atomic mass is 9.90. The van der Waals surface area contributed by atoms with Gasteiger partial charge in [0.05, 0.1) is 4.90 Å². The summed E-state index contributed by atoms with van der Waals surface area (Å²) in [6.45, 7) is 12.9. The summed E-state index contributed by atoms with van der Waals surface area (Å²) >= 11 is 0. The lowest BCUT2D eigenvalue weighted by Gasteiger charge is -2.25. The fourth-order valence-corrected chi connectivity index (χ4v) is 5.87. The Balaban J connectivity index is 2.12. The first-order valence-corrected chi connectivity index (χ1v) is 16.9. The van der Waals surface area contributed by atoms with E-state index in [4.69, 9.17) is 0 Å². The van der Waals surface area contributed by atoms with Crippen LogP contribution in [0.3, 0.4) is 0 Å². The fourth-order valence-electron chi connectivity index (χ4n) is 5.18. The normalized spacial score (nSPS) is 13.1. The third kappa shape index (κ3) is 9.27. The van der Waals surface area contributed by atoms with Crippen LogP contribution < -0.4 is 4.90 Å². The lowest BCUT2D eigenvalue weighted by Crippen LogP contribution is -2.25. The molecule has 0 radical (unpaired) electrons. The van der Waals surface area contributed by atoms with Crippen LogP contribution in [0.2, 0.25) is 0 Å². The van der Waals surface area contributed by atoms with E-state index in [0.29, 0.717) is 5.56 Å². The molecule has 0 heterocycles. The molecule has 0 fully saturated rings. The molecule has 0 aromatic heterocycles. The van der Waals surface area contributed by atoms with Crippen molar-refractivity contribution in [1.29, 1.82) is 0 Å². The molecule has 2 aromatic rings. The van der Waals surface area contributed by atoms with Gasteiger partial charge in [-0.3, -0.25) is 0 Å². The van der Waals surface area contributed by atoms with Crippen LogP contribution >= 0.6 is 0 Å². The highest BCUT2D eigenvalue weighted by Crippen LogP contribution is 2.34. The van der Waals surface area contributed by atoms with Gasteiger partial charge in [-0.1, -0.05) is 83.7 Å². The Morgan fingerprint density at radius 1 is 0.732 bits per heavy atom. The smallest absolute Gasteiger partial charge is 0.199 e. The van der Waals surface area contributed by atoms with E-state index in [0.717, 1.165) is 106 Å². The van der Waals surface area contributed by atoms with Crippen molar-refractivity contribution in [2.24, 2.45) is 0 Å². The molecule has 1 aliphatic rings. The molecular formula is C35H48N2O3S. The lowest BCUT2D eigenvalue weighted by molar-refractivity contribution is -0.527. The number of allylic oxidation sites excluding steroid dienone is 5. The monoisotopic (exact) mass is 576 g/mol. The van der Waals surface area contributed by atoms with Crippen molar-refractivity contribution >= 4 is 27.1 Å². The molecule has 6 heteroatoms. The highest BCUT2D eigenvalue weighted by Gasteiger charge is 2.19. The molecule has 0 bridgehead atoms. The minimum atomic E-state index is -4.67. The number of nitrogens with zero attached hydrogens (tertiary/aromatic N) is 2. The van der Waals surface area contributed by atoms with Crippen molar-refractivity contribution in [3.8, 4) is 0 Å². The second kappa shape index (κ2) is 16.5. The van der Waals surface area contributed by atoms with Crippen molar-refractivity contribution in [1.82, 2.24) is 0 Å². The molecule has 41 heavy (non-hydrogen) atoms. The Bertz CT molecular complexity index is 1320. The van der Waals surface area contributed by atoms with E-state index in [1.165, 1.54) is 6.07 Å². The Kier molecular flexibility index (Phi) is 13.1. The van der Waals surface area contributed by atoms with Gasteiger partial charge in [-0.25, -0.2) is 13.0 Å². The second-order valence-electron chi connectivity index (χ2n) is 10.8. The van der Waals surface area contributed by atoms with Crippen molar-refractivity contribution in [3.05, 3.63) is 89.5 Å². The Labute approximate surface area is 248 Å². The van der Waals surface area contributed by atoms with E-state index in [2.05, 4.69) is 85.7 Å². The SMILES string of the molecule is CCCCN(CCCC)c1ccc(C(=C2C=CC(=[N+](CCCC)CCCC)C=C2)c2ccccc2S(=O)(=O)[O-])cc1. The minimum Gasteiger partial charge on any atom is -0.744 e. The van der Waals surface area contributed by atoms with Gasteiger partial charge in [0, 0.05) is 49.3 Å². The zero-order chi connectivity index (χ0) is 29.7. The topological polar surface area (TPSA) is 63.5 Å². The van der Waals surface area contributed by atoms with E-state index in [-0.39, 0.29) is 4.90 Å². The molecule has 0 atom stereocenters. The maximum absolute atomic E-state index is 12.3. The zero-order valence-corrected chi connectivity index (χ0v) is 26.3. The Morgan fingerprint density at radius 2 is 1.27 bits per heavy atom. The van der Waals surface area contributed by atoms with Crippen LogP contribution in [0.5, 0.6) is 0 Å². The summed E-state index contributed by atoms with van der Waals surface area (Å²) in [5.74, 6) is 0. The van der Waals surface area contributed by atoms with Crippen LogP contribution in [-0.4, -0.2) is 49.4 Å². The molecule has 0 aliphatic heterocycles. The maximum atomic E-state index is 12.3. The number of benzene rings is 2. The summed E-state index contributed by atoms with van der Waals surface area (Å²) in [6.07, 6.45) is 17.5. The van der Waals surface area contributed by atoms with Gasteiger partial charge in [-0.2, -0.15) is 0 Å². The number of hydrogen-bond acceptors (Lipinski definition) is 4. The summed E-state index contributed by atoms with van der Waals surface area (Å²) in [5, 5.41) is 0. The van der Waals surface area contributed by atoms with Gasteiger partial charge in [0.1, 0.15) is 23.2 Å². The van der Waals surface area contributed by atoms with Crippen LogP contribution in [0.1, 0.15) is 90.2 Å². The molecular weight excluding hydrogens is 528 g/mol. The van der Waals surface area contributed by atoms with Gasteiger partial charge < -0.3 is 9.45 Å². The molecule has 222 valence electrons. The third-order valence-corrected chi connectivity index (χ3v) is 8.49. The van der Waals surface area contributed by atoms with Crippen molar-refractivity contribution in [3.63, 3.8) is 0 Å². The van der Waals surface area contributed by atoms with Gasteiger partial charge >= 0.3 is 0 Å². The average molecular weight is 577 g/mol. The quantitative estimate of drug-likeness (QED) is 0.150. The molecule has 0 saturated heterocycles. The highest BCUT2D eigenvalue weighted by molar-refractivity contribution is 7.85. The van der Waals surface area contributed by atoms with Crippen LogP contribution in [0.4, 0.5) is 5.69 Å². The van der Waals surface area contributed by atoms with Gasteiger partial charge in [-0.15, -0.1) is 0 Å². The van der Waals surface area contributed by atoms with Gasteiger partial charge in [0.25, 0.3) is 0 Å². The minimum absolute atomic E-state index is 0.191. The maximum Gasteiger partial charge on any atom is 0.199 e. The third-order valence-electron chi connectivity index (χ3n) is 7.59. The highest BCUT2D eigenvalue weighted by atomic mass is 32.2. The zero-order valence-electron chi connectivity index (χ0n) is 25.4. The van der Waals surface area contributed by atoms with Crippen LogP contribution in [0, 0.1) is 0 Å². The summed E-state index contributed by atoms with van der Waals surface area (Å²) in [5.41, 5.74) is 5.29. The molecule has 3 rings (SSSR count). The van der Waals surface area contributed by atoms with E-state index in [1.807, 2.05) is 0 Å². The first-order chi connectivity index (χ1) is 19.8. The standard InChI is InChI=1S/C35H48N2O3S/c1-5-9-25-36(26-10-6-2)31-21-17-29(18-22-31)35(33-15-13-14-16-34(33)41(38,39)40)30-19-23-32(24-20-30)37(27-11-7-3)28-12-8-4/h13-24H,5-12,25-28H2,1-4H3. The number of hydrogen-bond donors (Lipinski definition) is 0. The summed E-state index contributed by atoms with van der Waals surface area (Å²) in [7, 11) is -4.67. The fraction of sp³-hybridized carbons (Fsp3) is 0.457. The van der Waals surface area contributed by atoms with E-state index >= 15 is 0 Å². The molecule has 0 spiro atoms. The van der Waals surface area contributed by atoms with Gasteiger partial charge in [0.15, 0.2) is 5.71 Å². The molecule has 0 amide bonds. The van der Waals surface area contributed by atoms with Crippen molar-refractivity contribution in [2.75, 3.05) is 31.1 Å². The molecule has 0 saturated carbocycles. The molecule has 1 aliphatic carbocycles. The average Bonchev–Trinajstić information content (AvgIpc) is 2.98. The predicted octanol–water partition coefficient (Wildman–Crippen LogP) is 7.98. The number of rotatable bonds is 16. The van der Waals surface area contributed by atoms with E-state index < -0.39 is 10.1 Å². The van der Waals surface area contributed by atoms with Crippen molar-refractivity contribution < 1.29 is 17.5 Å². The molecule has 0 unspecified atom stereocenters. The predicted molar refractivity (Wildman–Crippen MR) is 172 cm³/mol. The van der Waals surface area contributed by atoms with Gasteiger partial charge in [0.2, 0.25) is 0 Å². The molecule has 2 aromatic carbocycles. The number of anilines is 1. The van der Waals surface area contributed by atoms with E-state index in [9.17, 15) is 13.0 Å². The first-order valence-electron chi connectivity index (χ1n) is 15.5. The summed E-state index contributed by atoms with van der Waals surface area (Å²) < 4.78 is 39.4. The largest absolute Gasteiger partial charge is 0.744 e. The number of unbranched alkanes of at least 4 members (excludes halogenated alkanes) is 4. The Hall–Kier alpha value is -2.96. The van der Waals surface area contributed by atoms with Crippen LogP contribution in [0.25, 0.3) is 5.57 Å². The van der Waals surface area contributed by atoms with E-state index in [1.54, 1.807) is 18.2 Å². The van der Waals surface area contributed by atoms with Crippen LogP contribution in [0.15, 0.2) is 83.3 Å². The first kappa shape index (κ1) is 32.6. The summed E-state index contributed by atoms with van der Waals surface area (Å²) in [6, 6.07) is 14.9. The molecule has 5 nitrogen and oxygen atoms in total. The van der Waals surface area contributed by atoms with Gasteiger partial charge in [-0.05, 0) is 59.9 Å².